The van der Waals surface area contributed by atoms with Gasteiger partial charge in [-0.1, -0.05) is 59.6 Å². The third-order valence-corrected chi connectivity index (χ3v) is 6.94. The molecule has 3 aromatic carbocycles. The molecule has 0 aromatic heterocycles. The van der Waals surface area contributed by atoms with Gasteiger partial charge in [0, 0.05) is 5.02 Å². The number of nitrogens with zero attached hydrogens (tertiary/aromatic N) is 1. The number of ether oxygens (including phenoxy) is 3. The Morgan fingerprint density at radius 3 is 2.44 bits per heavy atom. The van der Waals surface area contributed by atoms with Crippen molar-refractivity contribution in [2.24, 2.45) is 0 Å². The highest BCUT2D eigenvalue weighted by atomic mass is 35.5. The summed E-state index contributed by atoms with van der Waals surface area (Å²) in [5, 5.41) is 0.0440. The van der Waals surface area contributed by atoms with Gasteiger partial charge in [-0.15, -0.1) is 0 Å². The second-order valence-corrected chi connectivity index (χ2v) is 9.53. The van der Waals surface area contributed by atoms with Crippen molar-refractivity contribution in [2.45, 2.75) is 18.0 Å². The van der Waals surface area contributed by atoms with E-state index in [-0.39, 0.29) is 27.2 Å². The Hall–Kier alpha value is -2.94. The van der Waals surface area contributed by atoms with Gasteiger partial charge in [-0.05, 0) is 35.4 Å². The van der Waals surface area contributed by atoms with Gasteiger partial charge in [0.1, 0.15) is 11.5 Å². The standard InChI is InChI=1S/C22H17Cl2NO6S/c1-29-19-9-15(7-8-18(19)30-13-14-5-3-2-4-6-14)12-25-22(26)31-21-17(24)10-16(23)11-20(21)32(25,27)28/h2-11H,12-13H2,1H3. The van der Waals surface area contributed by atoms with Crippen LogP contribution < -0.4 is 14.2 Å². The fraction of sp³-hybridized carbons (Fsp3) is 0.136. The molecule has 4 rings (SSSR count). The average molecular weight is 494 g/mol. The Morgan fingerprint density at radius 2 is 1.72 bits per heavy atom. The summed E-state index contributed by atoms with van der Waals surface area (Å²) in [5.74, 6) is 0.639. The average Bonchev–Trinajstić information content (AvgIpc) is 2.77. The number of benzene rings is 3. The van der Waals surface area contributed by atoms with Crippen LogP contribution in [0.1, 0.15) is 11.1 Å². The molecule has 0 saturated carbocycles. The van der Waals surface area contributed by atoms with E-state index in [1.54, 1.807) is 18.2 Å². The first-order chi connectivity index (χ1) is 15.3. The van der Waals surface area contributed by atoms with E-state index in [0.29, 0.717) is 28.0 Å². The van der Waals surface area contributed by atoms with Gasteiger partial charge in [0.15, 0.2) is 17.2 Å². The number of sulfonamides is 1. The van der Waals surface area contributed by atoms with Crippen LogP contribution in [0.5, 0.6) is 17.2 Å². The lowest BCUT2D eigenvalue weighted by Crippen LogP contribution is -2.42. The zero-order chi connectivity index (χ0) is 22.9. The van der Waals surface area contributed by atoms with Gasteiger partial charge in [-0.2, -0.15) is 4.31 Å². The molecule has 32 heavy (non-hydrogen) atoms. The number of fused-ring (bicyclic) bond motifs is 1. The molecular weight excluding hydrogens is 477 g/mol. The Balaban J connectivity index is 1.59. The lowest BCUT2D eigenvalue weighted by Gasteiger charge is -2.28. The largest absolute Gasteiger partial charge is 0.493 e. The highest BCUT2D eigenvalue weighted by Crippen LogP contribution is 2.41. The molecule has 0 fully saturated rings. The van der Waals surface area contributed by atoms with E-state index >= 15 is 0 Å². The van der Waals surface area contributed by atoms with E-state index in [0.717, 1.165) is 5.56 Å². The summed E-state index contributed by atoms with van der Waals surface area (Å²) in [7, 11) is -2.76. The van der Waals surface area contributed by atoms with Crippen molar-refractivity contribution in [3.8, 4) is 17.2 Å². The smallest absolute Gasteiger partial charge is 0.429 e. The van der Waals surface area contributed by atoms with Crippen LogP contribution in [0.15, 0.2) is 65.6 Å². The van der Waals surface area contributed by atoms with Crippen molar-refractivity contribution in [3.63, 3.8) is 0 Å². The first-order valence-electron chi connectivity index (χ1n) is 9.37. The molecule has 0 aliphatic carbocycles. The van der Waals surface area contributed by atoms with E-state index in [2.05, 4.69) is 0 Å². The summed E-state index contributed by atoms with van der Waals surface area (Å²) in [4.78, 5) is 12.2. The number of hydrogen-bond acceptors (Lipinski definition) is 6. The summed E-state index contributed by atoms with van der Waals surface area (Å²) in [6, 6.07) is 17.0. The Morgan fingerprint density at radius 1 is 0.969 bits per heavy atom. The van der Waals surface area contributed by atoms with Crippen LogP contribution in [-0.2, 0) is 23.2 Å². The Bertz CT molecular complexity index is 1280. The van der Waals surface area contributed by atoms with Crippen molar-refractivity contribution in [1.29, 1.82) is 0 Å². The van der Waals surface area contributed by atoms with Gasteiger partial charge in [0.25, 0.3) is 10.0 Å². The molecule has 1 aliphatic rings. The molecule has 0 atom stereocenters. The molecule has 0 N–H and O–H groups in total. The maximum Gasteiger partial charge on any atom is 0.429 e. The van der Waals surface area contributed by atoms with Crippen molar-refractivity contribution < 1.29 is 27.4 Å². The molecule has 0 spiro atoms. The van der Waals surface area contributed by atoms with Crippen LogP contribution >= 0.6 is 23.2 Å². The molecular formula is C22H17Cl2NO6S. The van der Waals surface area contributed by atoms with Crippen LogP contribution in [0, 0.1) is 0 Å². The molecule has 7 nitrogen and oxygen atoms in total. The highest BCUT2D eigenvalue weighted by molar-refractivity contribution is 7.89. The van der Waals surface area contributed by atoms with E-state index in [4.69, 9.17) is 37.4 Å². The van der Waals surface area contributed by atoms with Crippen LogP contribution in [0.3, 0.4) is 0 Å². The third-order valence-electron chi connectivity index (χ3n) is 4.73. The van der Waals surface area contributed by atoms with E-state index < -0.39 is 16.1 Å². The quantitative estimate of drug-likeness (QED) is 0.464. The molecule has 0 bridgehead atoms. The third kappa shape index (κ3) is 4.34. The number of rotatable bonds is 6. The maximum atomic E-state index is 13.1. The monoisotopic (exact) mass is 493 g/mol. The zero-order valence-electron chi connectivity index (χ0n) is 16.7. The second kappa shape index (κ2) is 8.90. The molecule has 10 heteroatoms. The summed E-state index contributed by atoms with van der Waals surface area (Å²) in [5.41, 5.74) is 1.47. The van der Waals surface area contributed by atoms with Gasteiger partial charge in [-0.25, -0.2) is 13.2 Å². The van der Waals surface area contributed by atoms with E-state index in [9.17, 15) is 13.2 Å². The molecule has 166 valence electrons. The van der Waals surface area contributed by atoms with E-state index in [1.165, 1.54) is 19.2 Å². The molecule has 1 amide bonds. The predicted molar refractivity (Wildman–Crippen MR) is 119 cm³/mol. The zero-order valence-corrected chi connectivity index (χ0v) is 19.1. The maximum absolute atomic E-state index is 13.1. The Labute approximate surface area is 195 Å². The minimum atomic E-state index is -4.23. The van der Waals surface area contributed by atoms with Crippen molar-refractivity contribution in [2.75, 3.05) is 7.11 Å². The minimum Gasteiger partial charge on any atom is -0.493 e. The fourth-order valence-corrected chi connectivity index (χ4v) is 5.27. The van der Waals surface area contributed by atoms with Gasteiger partial charge in [0.2, 0.25) is 0 Å². The molecule has 1 aliphatic heterocycles. The number of methoxy groups -OCH3 is 1. The lowest BCUT2D eigenvalue weighted by molar-refractivity contribution is 0.172. The van der Waals surface area contributed by atoms with Crippen molar-refractivity contribution in [3.05, 3.63) is 81.8 Å². The number of hydrogen-bond donors (Lipinski definition) is 0. The molecule has 3 aromatic rings. The second-order valence-electron chi connectivity index (χ2n) is 6.85. The summed E-state index contributed by atoms with van der Waals surface area (Å²) < 4.78 is 43.1. The first kappa shape index (κ1) is 22.3. The van der Waals surface area contributed by atoms with Crippen LogP contribution in [0.4, 0.5) is 4.79 Å². The molecule has 0 saturated heterocycles. The van der Waals surface area contributed by atoms with Crippen LogP contribution in [0.25, 0.3) is 0 Å². The topological polar surface area (TPSA) is 82.1 Å². The molecule has 0 radical (unpaired) electrons. The highest BCUT2D eigenvalue weighted by Gasteiger charge is 2.40. The fourth-order valence-electron chi connectivity index (χ4n) is 3.16. The summed E-state index contributed by atoms with van der Waals surface area (Å²) >= 11 is 11.9. The van der Waals surface area contributed by atoms with Gasteiger partial charge in [0.05, 0.1) is 18.7 Å². The SMILES string of the molecule is COc1cc(CN2C(=O)Oc3c(Cl)cc(Cl)cc3S2(=O)=O)ccc1OCc1ccccc1. The number of carbonyl (C=O) groups excluding carboxylic acids is 1. The van der Waals surface area contributed by atoms with Crippen molar-refractivity contribution in [1.82, 2.24) is 4.31 Å². The van der Waals surface area contributed by atoms with Gasteiger partial charge < -0.3 is 14.2 Å². The normalized spacial score (nSPS) is 14.5. The molecule has 1 heterocycles. The van der Waals surface area contributed by atoms with Gasteiger partial charge in [-0.3, -0.25) is 0 Å². The predicted octanol–water partition coefficient (Wildman–Crippen LogP) is 5.28. The summed E-state index contributed by atoms with van der Waals surface area (Å²) in [6.07, 6.45) is -1.06. The summed E-state index contributed by atoms with van der Waals surface area (Å²) in [6.45, 7) is 0.0573. The number of carbonyl (C=O) groups is 1. The van der Waals surface area contributed by atoms with Crippen molar-refractivity contribution >= 4 is 39.3 Å². The minimum absolute atomic E-state index is 0.0642. The van der Waals surface area contributed by atoms with Crippen LogP contribution in [-0.4, -0.2) is 25.9 Å². The number of amides is 1. The molecule has 0 unspecified atom stereocenters. The van der Waals surface area contributed by atoms with Gasteiger partial charge >= 0.3 is 6.09 Å². The number of halogens is 2. The lowest BCUT2D eigenvalue weighted by atomic mass is 10.2. The van der Waals surface area contributed by atoms with Crippen LogP contribution in [0.2, 0.25) is 10.0 Å². The Kier molecular flexibility index (Phi) is 6.19. The first-order valence-corrected chi connectivity index (χ1v) is 11.6. The van der Waals surface area contributed by atoms with E-state index in [1.807, 2.05) is 30.3 Å².